The zero-order chi connectivity index (χ0) is 10.3. The molecule has 0 spiro atoms. The third kappa shape index (κ3) is 1.81. The molecule has 0 bridgehead atoms. The summed E-state index contributed by atoms with van der Waals surface area (Å²) >= 11 is 0. The number of rotatable bonds is 4. The molecule has 3 nitrogen and oxygen atoms in total. The third-order valence-corrected chi connectivity index (χ3v) is 3.90. The highest BCUT2D eigenvalue weighted by atomic mass is 15.1. The Morgan fingerprint density at radius 1 is 1.40 bits per heavy atom. The maximum atomic E-state index is 6.15. The van der Waals surface area contributed by atoms with Crippen molar-refractivity contribution in [1.29, 1.82) is 0 Å². The predicted octanol–water partition coefficient (Wildman–Crippen LogP) is 1.89. The molecular weight excluding hydrogens is 186 g/mol. The molecule has 2 saturated carbocycles. The molecule has 3 heteroatoms. The lowest BCUT2D eigenvalue weighted by Crippen LogP contribution is -2.29. The number of aromatic nitrogens is 2. The van der Waals surface area contributed by atoms with Crippen LogP contribution in [0.5, 0.6) is 0 Å². The zero-order valence-electron chi connectivity index (χ0n) is 9.10. The van der Waals surface area contributed by atoms with E-state index in [-0.39, 0.29) is 0 Å². The molecule has 1 heterocycles. The first-order valence-corrected chi connectivity index (χ1v) is 6.10. The second-order valence-corrected chi connectivity index (χ2v) is 5.10. The van der Waals surface area contributed by atoms with Crippen molar-refractivity contribution in [2.45, 2.75) is 50.6 Å². The van der Waals surface area contributed by atoms with Crippen LogP contribution >= 0.6 is 0 Å². The highest BCUT2D eigenvalue weighted by molar-refractivity contribution is 5.10. The van der Waals surface area contributed by atoms with Gasteiger partial charge < -0.3 is 10.3 Å². The predicted molar refractivity (Wildman–Crippen MR) is 59.5 cm³/mol. The van der Waals surface area contributed by atoms with Gasteiger partial charge in [-0.1, -0.05) is 6.42 Å². The lowest BCUT2D eigenvalue weighted by molar-refractivity contribution is 0.386. The molecule has 0 radical (unpaired) electrons. The van der Waals surface area contributed by atoms with Gasteiger partial charge in [-0.25, -0.2) is 4.98 Å². The quantitative estimate of drug-likeness (QED) is 0.815. The standard InChI is InChI=1S/C12H19N3/c13-11(9-4-5-9)7-15-8-14-6-12(15)10-2-1-3-10/h6,8-11H,1-5,7,13H2. The topological polar surface area (TPSA) is 43.8 Å². The number of hydrogen-bond donors (Lipinski definition) is 1. The second kappa shape index (κ2) is 3.63. The monoisotopic (exact) mass is 205 g/mol. The number of imidazole rings is 1. The van der Waals surface area contributed by atoms with Gasteiger partial charge in [0.1, 0.15) is 0 Å². The molecule has 0 aliphatic heterocycles. The van der Waals surface area contributed by atoms with Crippen molar-refractivity contribution in [3.63, 3.8) is 0 Å². The van der Waals surface area contributed by atoms with Crippen molar-refractivity contribution in [3.05, 3.63) is 18.2 Å². The Balaban J connectivity index is 1.70. The van der Waals surface area contributed by atoms with E-state index in [0.717, 1.165) is 18.4 Å². The van der Waals surface area contributed by atoms with E-state index in [2.05, 4.69) is 9.55 Å². The molecule has 0 amide bonds. The molecule has 15 heavy (non-hydrogen) atoms. The maximum Gasteiger partial charge on any atom is 0.0948 e. The van der Waals surface area contributed by atoms with Crippen molar-refractivity contribution in [2.24, 2.45) is 11.7 Å². The molecule has 2 aliphatic rings. The average Bonchev–Trinajstić information content (AvgIpc) is 2.89. The second-order valence-electron chi connectivity index (χ2n) is 5.10. The van der Waals surface area contributed by atoms with E-state index in [1.54, 1.807) is 0 Å². The van der Waals surface area contributed by atoms with E-state index in [0.29, 0.717) is 6.04 Å². The lowest BCUT2D eigenvalue weighted by atomic mass is 9.83. The fraction of sp³-hybridized carbons (Fsp3) is 0.750. The third-order valence-electron chi connectivity index (χ3n) is 3.90. The molecule has 1 unspecified atom stereocenters. The van der Waals surface area contributed by atoms with E-state index in [1.807, 2.05) is 12.5 Å². The van der Waals surface area contributed by atoms with Crippen LogP contribution in [-0.4, -0.2) is 15.6 Å². The van der Waals surface area contributed by atoms with Gasteiger partial charge in [-0.2, -0.15) is 0 Å². The first-order chi connectivity index (χ1) is 7.34. The summed E-state index contributed by atoms with van der Waals surface area (Å²) < 4.78 is 2.28. The summed E-state index contributed by atoms with van der Waals surface area (Å²) in [5.74, 6) is 1.54. The van der Waals surface area contributed by atoms with Gasteiger partial charge in [0.15, 0.2) is 0 Å². The lowest BCUT2D eigenvalue weighted by Gasteiger charge is -2.27. The van der Waals surface area contributed by atoms with Crippen LogP contribution in [0.2, 0.25) is 0 Å². The minimum atomic E-state index is 0.345. The van der Waals surface area contributed by atoms with Gasteiger partial charge in [0, 0.05) is 30.4 Å². The van der Waals surface area contributed by atoms with Crippen LogP contribution in [0.25, 0.3) is 0 Å². The van der Waals surface area contributed by atoms with Crippen molar-refractivity contribution in [2.75, 3.05) is 0 Å². The molecule has 0 aromatic carbocycles. The molecule has 3 rings (SSSR count). The molecule has 1 aromatic rings. The van der Waals surface area contributed by atoms with Crippen molar-refractivity contribution in [1.82, 2.24) is 9.55 Å². The number of nitrogens with two attached hydrogens (primary N) is 1. The van der Waals surface area contributed by atoms with Gasteiger partial charge in [-0.15, -0.1) is 0 Å². The van der Waals surface area contributed by atoms with Crippen molar-refractivity contribution in [3.8, 4) is 0 Å². The van der Waals surface area contributed by atoms with E-state index in [4.69, 9.17) is 5.73 Å². The Hall–Kier alpha value is -0.830. The number of nitrogens with zero attached hydrogens (tertiary/aromatic N) is 2. The zero-order valence-corrected chi connectivity index (χ0v) is 9.10. The average molecular weight is 205 g/mol. The van der Waals surface area contributed by atoms with Gasteiger partial charge in [0.05, 0.1) is 6.33 Å². The molecule has 2 aliphatic carbocycles. The highest BCUT2D eigenvalue weighted by Crippen LogP contribution is 2.37. The smallest absolute Gasteiger partial charge is 0.0948 e. The van der Waals surface area contributed by atoms with Gasteiger partial charge in [0.25, 0.3) is 0 Å². The first kappa shape index (κ1) is 9.40. The molecule has 2 fully saturated rings. The summed E-state index contributed by atoms with van der Waals surface area (Å²) in [4.78, 5) is 4.27. The van der Waals surface area contributed by atoms with Crippen LogP contribution < -0.4 is 5.73 Å². The Morgan fingerprint density at radius 2 is 2.20 bits per heavy atom. The SMILES string of the molecule is NC(Cn1cncc1C1CCC1)C1CC1. The minimum Gasteiger partial charge on any atom is -0.333 e. The Morgan fingerprint density at radius 3 is 2.80 bits per heavy atom. The molecule has 1 atom stereocenters. The first-order valence-electron chi connectivity index (χ1n) is 6.10. The normalized spacial score (nSPS) is 23.8. The fourth-order valence-electron chi connectivity index (χ4n) is 2.43. The van der Waals surface area contributed by atoms with Gasteiger partial charge in [-0.05, 0) is 31.6 Å². The van der Waals surface area contributed by atoms with E-state index >= 15 is 0 Å². The van der Waals surface area contributed by atoms with Crippen LogP contribution in [-0.2, 0) is 6.54 Å². The van der Waals surface area contributed by atoms with E-state index in [9.17, 15) is 0 Å². The van der Waals surface area contributed by atoms with Gasteiger partial charge >= 0.3 is 0 Å². The summed E-state index contributed by atoms with van der Waals surface area (Å²) in [6.45, 7) is 0.969. The largest absolute Gasteiger partial charge is 0.333 e. The Bertz CT molecular complexity index is 336. The molecule has 1 aromatic heterocycles. The Labute approximate surface area is 90.7 Å². The summed E-state index contributed by atoms with van der Waals surface area (Å²) in [6.07, 6.45) is 10.7. The summed E-state index contributed by atoms with van der Waals surface area (Å²) in [5, 5.41) is 0. The highest BCUT2D eigenvalue weighted by Gasteiger charge is 2.30. The Kier molecular flexibility index (Phi) is 2.28. The summed E-state index contributed by atoms with van der Waals surface area (Å²) in [5.41, 5.74) is 7.56. The molecule has 2 N–H and O–H groups in total. The number of hydrogen-bond acceptors (Lipinski definition) is 2. The van der Waals surface area contributed by atoms with Gasteiger partial charge in [-0.3, -0.25) is 0 Å². The van der Waals surface area contributed by atoms with Crippen LogP contribution in [0, 0.1) is 5.92 Å². The molecule has 82 valence electrons. The van der Waals surface area contributed by atoms with Crippen LogP contribution in [0.15, 0.2) is 12.5 Å². The summed E-state index contributed by atoms with van der Waals surface area (Å²) in [7, 11) is 0. The fourth-order valence-corrected chi connectivity index (χ4v) is 2.43. The summed E-state index contributed by atoms with van der Waals surface area (Å²) in [6, 6.07) is 0.345. The minimum absolute atomic E-state index is 0.345. The van der Waals surface area contributed by atoms with Crippen LogP contribution in [0.3, 0.4) is 0 Å². The van der Waals surface area contributed by atoms with Crippen LogP contribution in [0.1, 0.15) is 43.7 Å². The van der Waals surface area contributed by atoms with E-state index in [1.165, 1.54) is 37.8 Å². The maximum absolute atomic E-state index is 6.15. The van der Waals surface area contributed by atoms with Crippen LogP contribution in [0.4, 0.5) is 0 Å². The van der Waals surface area contributed by atoms with E-state index < -0.39 is 0 Å². The molecular formula is C12H19N3. The van der Waals surface area contributed by atoms with Crippen molar-refractivity contribution >= 4 is 0 Å². The molecule has 0 saturated heterocycles. The van der Waals surface area contributed by atoms with Gasteiger partial charge in [0.2, 0.25) is 0 Å². The van der Waals surface area contributed by atoms with Crippen molar-refractivity contribution < 1.29 is 0 Å².